The van der Waals surface area contributed by atoms with Gasteiger partial charge in [-0.05, 0) is 67.9 Å². The zero-order chi connectivity index (χ0) is 71.5. The Kier molecular flexibility index (Phi) is 26.1. The highest BCUT2D eigenvalue weighted by Crippen LogP contribution is 2.40. The van der Waals surface area contributed by atoms with Crippen LogP contribution in [-0.4, -0.2) is 373 Å². The van der Waals surface area contributed by atoms with Gasteiger partial charge < -0.3 is 182 Å². The lowest BCUT2D eigenvalue weighted by molar-refractivity contribution is -0.405. The van der Waals surface area contributed by atoms with Gasteiger partial charge in [-0.2, -0.15) is 0 Å². The summed E-state index contributed by atoms with van der Waals surface area (Å²) in [6.07, 6.45) is -76.0. The SMILES string of the molecule is C[C@@H]1O[C@@H](O[C@@H]2[C@@H](O)[C@H](C)O[C@@H](O[C@H]3[C@H](O[C@@H]4[C@@H](O)[C@H](C)O[C@@H](O[C@@H]5[C@@H](O)[C@H](C)O[C@@H](O[C@H]6[C@H](O[C@@H]7[C@@H](O)[C@H](C)O[C@@H](O[C@@H]8[C@@H](O)[C@H](C)O[C@@H](O[C@H]9[C@H](OCc%10ccccc%10)O[C@@H](C)[C@H](O)[C@H]9O)[C@@H]8O)[C@@H]7O)O[C@@H](C)[C@H](O)[C@H]6O)[C@@H]5O)[C@@H]4O)O[C@@H](C)[C@H](O)[C@H]3O)[C@@H]2O)[C@H](O)[C@H](O)[C@H]1O. The van der Waals surface area contributed by atoms with E-state index in [0.717, 1.165) is 5.56 Å². The first kappa shape index (κ1) is 78.3. The van der Waals surface area contributed by atoms with Gasteiger partial charge in [0.15, 0.2) is 56.6 Å². The maximum atomic E-state index is 12.0. The Bertz CT molecular complexity index is 2630. The number of benzene rings is 1. The molecule has 9 fully saturated rings. The lowest BCUT2D eigenvalue weighted by Crippen LogP contribution is -2.68. The van der Waals surface area contributed by atoms with Crippen LogP contribution in [0.1, 0.15) is 67.9 Å². The topological polar surface area (TPSA) is 551 Å². The molecule has 37 nitrogen and oxygen atoms in total. The quantitative estimate of drug-likeness (QED) is 0.0612. The molecule has 0 aromatic heterocycles. The van der Waals surface area contributed by atoms with Crippen LogP contribution in [0.5, 0.6) is 0 Å². The maximum absolute atomic E-state index is 12.0. The van der Waals surface area contributed by atoms with Crippen LogP contribution in [0.25, 0.3) is 0 Å². The predicted molar refractivity (Wildman–Crippen MR) is 313 cm³/mol. The molecule has 0 bridgehead atoms. The molecule has 1 aromatic rings. The molecular weight excluding hydrogens is 1320 g/mol. The summed E-state index contributed by atoms with van der Waals surface area (Å²) < 4.78 is 107. The van der Waals surface area contributed by atoms with E-state index in [0.29, 0.717) is 0 Å². The minimum absolute atomic E-state index is 0.0168. The van der Waals surface area contributed by atoms with Crippen LogP contribution in [0, 0.1) is 0 Å². The minimum atomic E-state index is -2.14. The van der Waals surface area contributed by atoms with E-state index in [4.69, 9.17) is 85.3 Å². The van der Waals surface area contributed by atoms with Gasteiger partial charge in [-0.3, -0.25) is 0 Å². The highest BCUT2D eigenvalue weighted by molar-refractivity contribution is 5.13. The summed E-state index contributed by atoms with van der Waals surface area (Å²) in [7, 11) is 0. The van der Waals surface area contributed by atoms with Crippen molar-refractivity contribution in [3.63, 3.8) is 0 Å². The third-order valence-corrected chi connectivity index (χ3v) is 19.7. The van der Waals surface area contributed by atoms with E-state index in [-0.39, 0.29) is 6.61 Å². The van der Waals surface area contributed by atoms with E-state index in [9.17, 15) is 97.0 Å². The van der Waals surface area contributed by atoms with Gasteiger partial charge in [0.1, 0.15) is 165 Å². The van der Waals surface area contributed by atoms with Gasteiger partial charge >= 0.3 is 0 Å². The molecule has 9 aliphatic heterocycles. The normalized spacial score (nSPS) is 54.5. The Morgan fingerprint density at radius 2 is 0.418 bits per heavy atom. The molecule has 0 spiro atoms. The molecule has 0 aliphatic carbocycles. The van der Waals surface area contributed by atoms with Gasteiger partial charge in [0.2, 0.25) is 0 Å². The number of aliphatic hydroxyl groups excluding tert-OH is 19. The minimum Gasteiger partial charge on any atom is -0.388 e. The third-order valence-electron chi connectivity index (χ3n) is 19.7. The first-order chi connectivity index (χ1) is 46.2. The Labute approximate surface area is 562 Å². The van der Waals surface area contributed by atoms with Crippen molar-refractivity contribution in [3.8, 4) is 0 Å². The monoisotopic (exact) mass is 1420 g/mol. The molecule has 10 rings (SSSR count). The molecule has 19 N–H and O–H groups in total. The fourth-order valence-corrected chi connectivity index (χ4v) is 13.3. The van der Waals surface area contributed by atoms with E-state index in [1.165, 1.54) is 62.3 Å². The standard InChI is InChI=1S/C61H98O37/c1-16-26(62)35(71)39(75)53(82-16)91-45-30(66)20(5)86-57(40(45)76)97-51-37(73)28(64)18(3)89-60(51)94-49-34(70)24(9)84-55(44(49)80)93-47-32(68)22(7)87-58(42(47)78)98-52-38(74)29(65)19(4)90-61(52)95-48-33(69)23(8)83-54(43(48)79)92-46-31(67)21(6)85-56(41(46)77)96-50-36(72)27(63)17(2)88-59(50)81-15-25-13-11-10-12-14-25/h10-14,16-24,26-80H,15H2,1-9H3/t16-,17-,18-,19-,20-,21-,22-,23-,24-,26-,27-,28-,29-,30-,31-,32-,33-,34-,35+,36+,37+,38+,39+,40+,41+,42+,43+,44+,45+,46+,47+,48+,49+,50+,51+,52+,53-,54-,55-,56-,57-,58-,59+,60-,61-/m0/s1. The third kappa shape index (κ3) is 16.3. The Balaban J connectivity index is 0.809. The summed E-state index contributed by atoms with van der Waals surface area (Å²) in [5.41, 5.74) is 0.730. The summed E-state index contributed by atoms with van der Waals surface area (Å²) >= 11 is 0. The summed E-state index contributed by atoms with van der Waals surface area (Å²) in [5.74, 6) is 0. The molecule has 9 aliphatic rings. The molecule has 45 atom stereocenters. The lowest BCUT2D eigenvalue weighted by Gasteiger charge is -2.50. The molecule has 9 saturated heterocycles. The van der Waals surface area contributed by atoms with Gasteiger partial charge in [0.25, 0.3) is 0 Å². The number of rotatable bonds is 19. The van der Waals surface area contributed by atoms with Crippen molar-refractivity contribution >= 4 is 0 Å². The first-order valence-electron chi connectivity index (χ1n) is 32.9. The second-order valence-electron chi connectivity index (χ2n) is 26.8. The largest absolute Gasteiger partial charge is 0.388 e. The van der Waals surface area contributed by atoms with E-state index < -0.39 is 276 Å². The second kappa shape index (κ2) is 32.6. The highest BCUT2D eigenvalue weighted by atomic mass is 16.8. The number of ether oxygens (including phenoxy) is 18. The van der Waals surface area contributed by atoms with Crippen molar-refractivity contribution in [1.82, 2.24) is 0 Å². The van der Waals surface area contributed by atoms with Crippen molar-refractivity contribution in [1.29, 1.82) is 0 Å². The number of hydrogen-bond donors (Lipinski definition) is 19. The average molecular weight is 1420 g/mol. The van der Waals surface area contributed by atoms with Crippen LogP contribution in [0.2, 0.25) is 0 Å². The summed E-state index contributed by atoms with van der Waals surface area (Å²) in [5, 5.41) is 215. The zero-order valence-corrected chi connectivity index (χ0v) is 54.9. The lowest BCUT2D eigenvalue weighted by atomic mass is 9.95. The smallest absolute Gasteiger partial charge is 0.187 e. The second-order valence-corrected chi connectivity index (χ2v) is 26.8. The van der Waals surface area contributed by atoms with Gasteiger partial charge in [-0.1, -0.05) is 30.3 Å². The van der Waals surface area contributed by atoms with Gasteiger partial charge in [-0.25, -0.2) is 0 Å². The van der Waals surface area contributed by atoms with E-state index >= 15 is 0 Å². The van der Waals surface area contributed by atoms with E-state index in [1.54, 1.807) is 30.3 Å². The Hall–Kier alpha value is -2.26. The van der Waals surface area contributed by atoms with Crippen LogP contribution in [0.15, 0.2) is 30.3 Å². The molecule has 98 heavy (non-hydrogen) atoms. The van der Waals surface area contributed by atoms with Crippen LogP contribution < -0.4 is 0 Å². The van der Waals surface area contributed by atoms with Crippen molar-refractivity contribution in [2.24, 2.45) is 0 Å². The fraction of sp³-hybridized carbons (Fsp3) is 0.902. The highest BCUT2D eigenvalue weighted by Gasteiger charge is 2.60. The van der Waals surface area contributed by atoms with Crippen molar-refractivity contribution in [2.45, 2.75) is 345 Å². The van der Waals surface area contributed by atoms with Crippen molar-refractivity contribution in [3.05, 3.63) is 35.9 Å². The molecule has 564 valence electrons. The summed E-state index contributed by atoms with van der Waals surface area (Å²) in [6, 6.07) is 8.92. The van der Waals surface area contributed by atoms with Gasteiger partial charge in [0.05, 0.1) is 61.5 Å². The van der Waals surface area contributed by atoms with E-state index in [1.807, 2.05) is 0 Å². The molecule has 9 heterocycles. The zero-order valence-electron chi connectivity index (χ0n) is 54.9. The summed E-state index contributed by atoms with van der Waals surface area (Å²) in [6.45, 7) is 12.3. The first-order valence-corrected chi connectivity index (χ1v) is 32.9. The average Bonchev–Trinajstić information content (AvgIpc) is 0.784. The van der Waals surface area contributed by atoms with Crippen LogP contribution in [0.3, 0.4) is 0 Å². The molecule has 1 aromatic carbocycles. The summed E-state index contributed by atoms with van der Waals surface area (Å²) in [4.78, 5) is 0. The Morgan fingerprint density at radius 3 is 0.704 bits per heavy atom. The molecule has 0 unspecified atom stereocenters. The van der Waals surface area contributed by atoms with E-state index in [2.05, 4.69) is 0 Å². The van der Waals surface area contributed by atoms with Crippen LogP contribution in [-0.2, 0) is 91.9 Å². The molecule has 37 heteroatoms. The molecule has 0 radical (unpaired) electrons. The van der Waals surface area contributed by atoms with Crippen LogP contribution in [0.4, 0.5) is 0 Å². The molecular formula is C61H98O37. The molecule has 0 saturated carbocycles. The van der Waals surface area contributed by atoms with Crippen molar-refractivity contribution in [2.75, 3.05) is 0 Å². The van der Waals surface area contributed by atoms with Crippen LogP contribution >= 0.6 is 0 Å². The molecule has 0 amide bonds. The Morgan fingerprint density at radius 1 is 0.214 bits per heavy atom. The number of hydrogen-bond acceptors (Lipinski definition) is 37. The maximum Gasteiger partial charge on any atom is 0.187 e. The van der Waals surface area contributed by atoms with Gasteiger partial charge in [-0.15, -0.1) is 0 Å². The predicted octanol–water partition coefficient (Wildman–Crippen LogP) is -9.15. The van der Waals surface area contributed by atoms with Gasteiger partial charge in [0, 0.05) is 0 Å². The fourth-order valence-electron chi connectivity index (χ4n) is 13.3. The van der Waals surface area contributed by atoms with Crippen molar-refractivity contribution < 1.29 is 182 Å². The number of aliphatic hydroxyl groups is 19.